The number of aromatic hydroxyl groups is 1. The molecule has 0 saturated carbocycles. The van der Waals surface area contributed by atoms with Crippen molar-refractivity contribution in [3.8, 4) is 28.7 Å². The normalized spacial score (nSPS) is 24.8. The van der Waals surface area contributed by atoms with Crippen LogP contribution in [0.5, 0.6) is 28.7 Å². The van der Waals surface area contributed by atoms with Crippen molar-refractivity contribution in [2.45, 2.75) is 96.7 Å². The third-order valence-electron chi connectivity index (χ3n) is 10.1. The van der Waals surface area contributed by atoms with Crippen molar-refractivity contribution in [2.24, 2.45) is 0 Å². The Morgan fingerprint density at radius 3 is 2.51 bits per heavy atom. The van der Waals surface area contributed by atoms with Gasteiger partial charge in [0.25, 0.3) is 0 Å². The molecular formula is C34H44N4O9. The summed E-state index contributed by atoms with van der Waals surface area (Å²) in [6, 6.07) is -0.597. The Labute approximate surface area is 274 Å². The number of nitrogens with one attached hydrogen (secondary N) is 2. The number of aliphatic hydroxyl groups excluding tert-OH is 1. The first-order valence-electron chi connectivity index (χ1n) is 16.2. The maximum Gasteiger partial charge on any atom is 0.308 e. The van der Waals surface area contributed by atoms with E-state index in [4.69, 9.17) is 18.9 Å². The van der Waals surface area contributed by atoms with E-state index in [1.165, 1.54) is 14.0 Å². The van der Waals surface area contributed by atoms with Crippen molar-refractivity contribution in [3.05, 3.63) is 39.4 Å². The van der Waals surface area contributed by atoms with E-state index in [-0.39, 0.29) is 36.9 Å². The number of hydrogen-bond donors (Lipinski definition) is 4. The molecule has 1 saturated heterocycles. The summed E-state index contributed by atoms with van der Waals surface area (Å²) in [6.07, 6.45) is 0.795. The molecule has 4 aliphatic rings. The quantitative estimate of drug-likeness (QED) is 0.245. The number of piperazine rings is 1. The van der Waals surface area contributed by atoms with Gasteiger partial charge in [-0.3, -0.25) is 24.2 Å². The van der Waals surface area contributed by atoms with Crippen LogP contribution in [0.2, 0.25) is 0 Å². The molecule has 6 rings (SSSR count). The molecule has 13 heteroatoms. The van der Waals surface area contributed by atoms with Crippen LogP contribution in [-0.4, -0.2) is 89.6 Å². The lowest BCUT2D eigenvalue weighted by molar-refractivity contribution is -0.172. The number of hydrogen-bond acceptors (Lipinski definition) is 11. The van der Waals surface area contributed by atoms with E-state index in [0.29, 0.717) is 65.4 Å². The fraction of sp³-hybridized carbons (Fsp3) is 0.559. The van der Waals surface area contributed by atoms with Gasteiger partial charge in [-0.2, -0.15) is 0 Å². The van der Waals surface area contributed by atoms with Crippen molar-refractivity contribution < 1.29 is 43.5 Å². The van der Waals surface area contributed by atoms with Crippen LogP contribution in [0, 0.1) is 13.8 Å². The molecule has 254 valence electrons. The molecule has 4 heterocycles. The minimum Gasteiger partial charge on any atom is -0.504 e. The highest BCUT2D eigenvalue weighted by molar-refractivity contribution is 5.87. The van der Waals surface area contributed by atoms with E-state index in [2.05, 4.69) is 15.5 Å². The van der Waals surface area contributed by atoms with Gasteiger partial charge in [0.1, 0.15) is 18.0 Å². The van der Waals surface area contributed by atoms with Gasteiger partial charge >= 0.3 is 5.97 Å². The van der Waals surface area contributed by atoms with E-state index in [9.17, 15) is 24.6 Å². The zero-order valence-corrected chi connectivity index (χ0v) is 27.9. The van der Waals surface area contributed by atoms with Crippen LogP contribution < -0.4 is 29.6 Å². The standard InChI is InChI=1S/C34H44N4O9/c1-8-9-24(40)36-17(4)33(42)35-13-23-26-20(30(47-18(5)39)16(3)31-32(26)46-14-45-31)12-21-27-25-19(10-15(2)29(44-7)28(25)41)11-22(37(27)6)34(43)38(21)23/h10,17,21-23,27,34,41,43H,8-9,11-14H2,1-7H3,(H,35,42)(H,36,40)/t17-,21-,22?,23-,27?,34-/m0/s1. The van der Waals surface area contributed by atoms with Crippen LogP contribution in [0.25, 0.3) is 0 Å². The monoisotopic (exact) mass is 652 g/mol. The van der Waals surface area contributed by atoms with Crippen molar-refractivity contribution in [2.75, 3.05) is 27.5 Å². The summed E-state index contributed by atoms with van der Waals surface area (Å²) in [6.45, 7) is 8.56. The van der Waals surface area contributed by atoms with Gasteiger partial charge in [-0.15, -0.1) is 0 Å². The number of carbonyl (C=O) groups is 3. The van der Waals surface area contributed by atoms with Crippen LogP contribution in [0.1, 0.15) is 79.1 Å². The number of nitrogens with zero attached hydrogens (tertiary/aromatic N) is 2. The molecule has 1 fully saturated rings. The molecule has 2 aromatic rings. The highest BCUT2D eigenvalue weighted by Gasteiger charge is 2.56. The molecule has 2 amide bonds. The second-order valence-electron chi connectivity index (χ2n) is 13.0. The molecule has 0 aromatic heterocycles. The van der Waals surface area contributed by atoms with Gasteiger partial charge in [0.2, 0.25) is 18.6 Å². The van der Waals surface area contributed by atoms with Crippen LogP contribution in [0.15, 0.2) is 6.07 Å². The number of phenolic OH excluding ortho intramolecular Hbond substituents is 1. The summed E-state index contributed by atoms with van der Waals surface area (Å²) in [5, 5.41) is 29.6. The molecule has 2 unspecified atom stereocenters. The second-order valence-corrected chi connectivity index (χ2v) is 13.0. The number of rotatable bonds is 8. The Kier molecular flexibility index (Phi) is 8.75. The summed E-state index contributed by atoms with van der Waals surface area (Å²) >= 11 is 0. The smallest absolute Gasteiger partial charge is 0.308 e. The molecule has 0 radical (unpaired) electrons. The van der Waals surface area contributed by atoms with Gasteiger partial charge in [0, 0.05) is 48.2 Å². The van der Waals surface area contributed by atoms with Gasteiger partial charge in [0.15, 0.2) is 23.0 Å². The number of fused-ring (bicyclic) bond motifs is 9. The fourth-order valence-corrected chi connectivity index (χ4v) is 8.08. The first-order chi connectivity index (χ1) is 22.4. The Morgan fingerprint density at radius 1 is 1.11 bits per heavy atom. The second kappa shape index (κ2) is 12.5. The minimum atomic E-state index is -0.980. The number of benzene rings is 2. The lowest BCUT2D eigenvalue weighted by Crippen LogP contribution is -2.69. The Hall–Kier alpha value is -4.07. The van der Waals surface area contributed by atoms with Crippen LogP contribution in [-0.2, 0) is 27.2 Å². The third-order valence-corrected chi connectivity index (χ3v) is 10.1. The molecule has 0 spiro atoms. The number of likely N-dealkylation sites (N-methyl/N-ethyl adjacent to an activating group) is 1. The zero-order valence-electron chi connectivity index (χ0n) is 27.9. The third kappa shape index (κ3) is 5.34. The molecule has 2 bridgehead atoms. The lowest BCUT2D eigenvalue weighted by atomic mass is 9.73. The van der Waals surface area contributed by atoms with Gasteiger partial charge in [-0.25, -0.2) is 0 Å². The Balaban J connectivity index is 1.50. The van der Waals surface area contributed by atoms with Gasteiger partial charge in [-0.05, 0) is 58.2 Å². The average molecular weight is 653 g/mol. The number of ether oxygens (including phenoxy) is 4. The number of esters is 1. The highest BCUT2D eigenvalue weighted by atomic mass is 16.7. The topological polar surface area (TPSA) is 159 Å². The number of amides is 2. The van der Waals surface area contributed by atoms with Crippen molar-refractivity contribution in [3.63, 3.8) is 0 Å². The maximum atomic E-state index is 13.4. The summed E-state index contributed by atoms with van der Waals surface area (Å²) in [7, 11) is 3.47. The van der Waals surface area contributed by atoms with E-state index in [1.54, 1.807) is 6.92 Å². The molecule has 4 N–H and O–H groups in total. The van der Waals surface area contributed by atoms with Crippen LogP contribution in [0.4, 0.5) is 0 Å². The van der Waals surface area contributed by atoms with Crippen LogP contribution in [0.3, 0.4) is 0 Å². The Morgan fingerprint density at radius 2 is 1.83 bits per heavy atom. The first kappa shape index (κ1) is 32.9. The number of aryl methyl sites for hydroxylation is 1. The van der Waals surface area contributed by atoms with Crippen molar-refractivity contribution in [1.29, 1.82) is 0 Å². The summed E-state index contributed by atoms with van der Waals surface area (Å²) in [5.74, 6) is 0.638. The van der Waals surface area contributed by atoms with Crippen molar-refractivity contribution >= 4 is 17.8 Å². The molecule has 2 aromatic carbocycles. The molecule has 4 aliphatic heterocycles. The fourth-order valence-electron chi connectivity index (χ4n) is 8.08. The van der Waals surface area contributed by atoms with Gasteiger partial charge in [0.05, 0.1) is 25.2 Å². The molecule has 0 aliphatic carbocycles. The highest BCUT2D eigenvalue weighted by Crippen LogP contribution is 2.58. The Bertz CT molecular complexity index is 1630. The predicted molar refractivity (Wildman–Crippen MR) is 170 cm³/mol. The molecule has 6 atom stereocenters. The minimum absolute atomic E-state index is 0.0356. The molecule has 47 heavy (non-hydrogen) atoms. The van der Waals surface area contributed by atoms with E-state index in [1.807, 2.05) is 38.8 Å². The largest absolute Gasteiger partial charge is 0.504 e. The van der Waals surface area contributed by atoms with E-state index in [0.717, 1.165) is 16.7 Å². The summed E-state index contributed by atoms with van der Waals surface area (Å²) < 4.78 is 23.4. The molecular weight excluding hydrogens is 608 g/mol. The first-order valence-corrected chi connectivity index (χ1v) is 16.2. The number of aliphatic hydroxyl groups is 1. The number of methoxy groups -OCH3 is 1. The molecule has 13 nitrogen and oxygen atoms in total. The summed E-state index contributed by atoms with van der Waals surface area (Å²) in [5.41, 5.74) is 4.43. The summed E-state index contributed by atoms with van der Waals surface area (Å²) in [4.78, 5) is 42.1. The van der Waals surface area contributed by atoms with Gasteiger partial charge < -0.3 is 39.8 Å². The number of carbonyl (C=O) groups excluding carboxylic acids is 3. The average Bonchev–Trinajstić information content (AvgIpc) is 3.50. The van der Waals surface area contributed by atoms with E-state index < -0.39 is 36.4 Å². The number of phenols is 1. The zero-order chi connectivity index (χ0) is 33.9. The maximum absolute atomic E-state index is 13.4. The lowest BCUT2D eigenvalue weighted by Gasteiger charge is -2.60. The predicted octanol–water partition coefficient (Wildman–Crippen LogP) is 2.29. The van der Waals surface area contributed by atoms with E-state index >= 15 is 0 Å². The van der Waals surface area contributed by atoms with Gasteiger partial charge in [-0.1, -0.05) is 13.0 Å². The van der Waals surface area contributed by atoms with Crippen molar-refractivity contribution in [1.82, 2.24) is 20.4 Å². The van der Waals surface area contributed by atoms with Crippen LogP contribution >= 0.6 is 0 Å². The SMILES string of the molecule is CCCC(=O)N[C@@H](C)C(=O)NC[C@H]1c2c(c(OC(C)=O)c(C)c3c2OCO3)C[C@H]2C3c4c(cc(C)c(OC)c4O)CC([C@H](O)N12)N3C.